The number of carbonyl (C=O) groups excluding carboxylic acids is 1. The van der Waals surface area contributed by atoms with E-state index in [1.807, 2.05) is 27.8 Å². The molecule has 1 fully saturated rings. The third-order valence-electron chi connectivity index (χ3n) is 4.77. The summed E-state index contributed by atoms with van der Waals surface area (Å²) in [5, 5.41) is 9.15. The summed E-state index contributed by atoms with van der Waals surface area (Å²) in [5.74, 6) is -0.210. The Kier molecular flexibility index (Phi) is 5.03. The van der Waals surface area contributed by atoms with Crippen LogP contribution in [0, 0.1) is 20.8 Å². The van der Waals surface area contributed by atoms with E-state index in [2.05, 4.69) is 9.88 Å². The van der Waals surface area contributed by atoms with Crippen LogP contribution in [0.25, 0.3) is 0 Å². The van der Waals surface area contributed by atoms with Gasteiger partial charge in [0.15, 0.2) is 0 Å². The maximum atomic E-state index is 12.8. The molecule has 0 spiro atoms. The monoisotopic (exact) mass is 307 g/mol. The van der Waals surface area contributed by atoms with Crippen molar-refractivity contribution < 1.29 is 9.90 Å². The van der Waals surface area contributed by atoms with Gasteiger partial charge in [-0.25, -0.2) is 0 Å². The zero-order valence-electron chi connectivity index (χ0n) is 13.8. The Balaban J connectivity index is 2.29. The minimum absolute atomic E-state index is 0.0975. The molecule has 2 N–H and O–H groups in total. The van der Waals surface area contributed by atoms with E-state index in [0.29, 0.717) is 19.5 Å². The highest BCUT2D eigenvalue weighted by Gasteiger charge is 2.29. The maximum Gasteiger partial charge on any atom is 0.261 e. The summed E-state index contributed by atoms with van der Waals surface area (Å²) in [4.78, 5) is 31.6. The molecule has 1 atom stereocenters. The van der Waals surface area contributed by atoms with Crippen molar-refractivity contribution in [1.29, 1.82) is 0 Å². The first-order valence-corrected chi connectivity index (χ1v) is 7.67. The van der Waals surface area contributed by atoms with Gasteiger partial charge in [-0.2, -0.15) is 0 Å². The number of aliphatic hydroxyl groups is 1. The summed E-state index contributed by atoms with van der Waals surface area (Å²) >= 11 is 0. The second-order valence-corrected chi connectivity index (χ2v) is 6.10. The first kappa shape index (κ1) is 16.7. The van der Waals surface area contributed by atoms with Gasteiger partial charge in [-0.05, 0) is 45.4 Å². The number of hydrogen-bond acceptors (Lipinski definition) is 4. The van der Waals surface area contributed by atoms with Crippen molar-refractivity contribution in [2.24, 2.45) is 0 Å². The molecule has 0 radical (unpaired) electrons. The summed E-state index contributed by atoms with van der Waals surface area (Å²) in [6.45, 7) is 7.57. The molecule has 1 aromatic heterocycles. The molecule has 1 saturated heterocycles. The van der Waals surface area contributed by atoms with E-state index in [1.165, 1.54) is 0 Å². The standard InChI is InChI=1S/C16H25N3O3/c1-10-11(2)14(15(21)17-12(10)3)16(22)19-7-6-18(4)13(9-19)5-8-20/h13,20H,5-9H2,1-4H3,(H,17,21). The number of aryl methyl sites for hydroxylation is 1. The van der Waals surface area contributed by atoms with Crippen LogP contribution in [-0.4, -0.2) is 65.1 Å². The predicted molar refractivity (Wildman–Crippen MR) is 85.3 cm³/mol. The van der Waals surface area contributed by atoms with Crippen molar-refractivity contribution in [3.05, 3.63) is 32.7 Å². The van der Waals surface area contributed by atoms with Gasteiger partial charge in [-0.3, -0.25) is 14.5 Å². The lowest BCUT2D eigenvalue weighted by atomic mass is 10.0. The van der Waals surface area contributed by atoms with Crippen LogP contribution in [0.15, 0.2) is 4.79 Å². The van der Waals surface area contributed by atoms with Gasteiger partial charge in [0.25, 0.3) is 11.5 Å². The number of piperazine rings is 1. The molecule has 122 valence electrons. The molecular weight excluding hydrogens is 282 g/mol. The number of aliphatic hydroxyl groups excluding tert-OH is 1. The lowest BCUT2D eigenvalue weighted by Gasteiger charge is -2.39. The maximum absolute atomic E-state index is 12.8. The number of likely N-dealkylation sites (N-methyl/N-ethyl adjacent to an activating group) is 1. The molecule has 1 aliphatic heterocycles. The Morgan fingerprint density at radius 1 is 1.27 bits per heavy atom. The topological polar surface area (TPSA) is 76.6 Å². The molecule has 1 amide bonds. The second-order valence-electron chi connectivity index (χ2n) is 6.10. The Morgan fingerprint density at radius 3 is 2.59 bits per heavy atom. The number of aromatic amines is 1. The number of nitrogens with zero attached hydrogens (tertiary/aromatic N) is 2. The Morgan fingerprint density at radius 2 is 1.95 bits per heavy atom. The van der Waals surface area contributed by atoms with Crippen molar-refractivity contribution in [3.63, 3.8) is 0 Å². The Labute approximate surface area is 130 Å². The van der Waals surface area contributed by atoms with E-state index in [0.717, 1.165) is 23.4 Å². The van der Waals surface area contributed by atoms with Crippen LogP contribution < -0.4 is 5.56 Å². The lowest BCUT2D eigenvalue weighted by molar-refractivity contribution is 0.0498. The van der Waals surface area contributed by atoms with Gasteiger partial charge in [0.1, 0.15) is 5.56 Å². The number of hydrogen-bond donors (Lipinski definition) is 2. The number of aromatic nitrogens is 1. The zero-order valence-corrected chi connectivity index (χ0v) is 13.8. The number of nitrogens with one attached hydrogen (secondary N) is 1. The highest BCUT2D eigenvalue weighted by molar-refractivity contribution is 5.95. The van der Waals surface area contributed by atoms with E-state index in [1.54, 1.807) is 4.90 Å². The van der Waals surface area contributed by atoms with E-state index in [4.69, 9.17) is 5.11 Å². The normalized spacial score (nSPS) is 19.5. The van der Waals surface area contributed by atoms with Crippen LogP contribution in [0.3, 0.4) is 0 Å². The quantitative estimate of drug-likeness (QED) is 0.849. The molecule has 0 bridgehead atoms. The summed E-state index contributed by atoms with van der Waals surface area (Å²) in [5.41, 5.74) is 2.43. The van der Waals surface area contributed by atoms with Gasteiger partial charge in [-0.15, -0.1) is 0 Å². The van der Waals surface area contributed by atoms with Crippen molar-refractivity contribution >= 4 is 5.91 Å². The highest BCUT2D eigenvalue weighted by atomic mass is 16.3. The summed E-state index contributed by atoms with van der Waals surface area (Å²) in [7, 11) is 2.00. The van der Waals surface area contributed by atoms with Crippen LogP contribution in [0.4, 0.5) is 0 Å². The van der Waals surface area contributed by atoms with Crippen LogP contribution >= 0.6 is 0 Å². The minimum atomic E-state index is -0.316. The van der Waals surface area contributed by atoms with E-state index >= 15 is 0 Å². The van der Waals surface area contributed by atoms with Crippen molar-refractivity contribution in [1.82, 2.24) is 14.8 Å². The third kappa shape index (κ3) is 3.08. The largest absolute Gasteiger partial charge is 0.396 e. The first-order valence-electron chi connectivity index (χ1n) is 7.67. The molecule has 2 heterocycles. The van der Waals surface area contributed by atoms with Gasteiger partial charge in [-0.1, -0.05) is 0 Å². The van der Waals surface area contributed by atoms with Gasteiger partial charge < -0.3 is 15.0 Å². The average molecular weight is 307 g/mol. The first-order chi connectivity index (χ1) is 10.4. The average Bonchev–Trinajstić information content (AvgIpc) is 2.47. The zero-order chi connectivity index (χ0) is 16.4. The fraction of sp³-hybridized carbons (Fsp3) is 0.625. The molecule has 6 heteroatoms. The molecule has 0 aromatic carbocycles. The fourth-order valence-corrected chi connectivity index (χ4v) is 2.97. The third-order valence-corrected chi connectivity index (χ3v) is 4.77. The van der Waals surface area contributed by atoms with Crippen molar-refractivity contribution in [2.75, 3.05) is 33.3 Å². The van der Waals surface area contributed by atoms with E-state index in [-0.39, 0.29) is 29.7 Å². The van der Waals surface area contributed by atoms with Crippen LogP contribution in [-0.2, 0) is 0 Å². The molecule has 2 rings (SSSR count). The number of carbonyl (C=O) groups is 1. The summed E-state index contributed by atoms with van der Waals surface area (Å²) in [6, 6.07) is 0.133. The molecular formula is C16H25N3O3. The Hall–Kier alpha value is -1.66. The smallest absolute Gasteiger partial charge is 0.261 e. The molecule has 0 saturated carbocycles. The van der Waals surface area contributed by atoms with Crippen LogP contribution in [0.2, 0.25) is 0 Å². The molecule has 1 unspecified atom stereocenters. The van der Waals surface area contributed by atoms with Crippen LogP contribution in [0.5, 0.6) is 0 Å². The number of amides is 1. The molecule has 1 aromatic rings. The molecule has 0 aliphatic carbocycles. The van der Waals surface area contributed by atoms with Crippen molar-refractivity contribution in [2.45, 2.75) is 33.2 Å². The van der Waals surface area contributed by atoms with Gasteiger partial charge in [0.2, 0.25) is 0 Å². The van der Waals surface area contributed by atoms with Crippen molar-refractivity contribution in [3.8, 4) is 0 Å². The number of rotatable bonds is 3. The molecule has 6 nitrogen and oxygen atoms in total. The van der Waals surface area contributed by atoms with Gasteiger partial charge >= 0.3 is 0 Å². The molecule has 22 heavy (non-hydrogen) atoms. The van der Waals surface area contributed by atoms with Gasteiger partial charge in [0, 0.05) is 38.0 Å². The summed E-state index contributed by atoms with van der Waals surface area (Å²) < 4.78 is 0. The Bertz CT molecular complexity index is 624. The van der Waals surface area contributed by atoms with E-state index < -0.39 is 0 Å². The van der Waals surface area contributed by atoms with Gasteiger partial charge in [0.05, 0.1) is 0 Å². The SMILES string of the molecule is Cc1[nH]c(=O)c(C(=O)N2CCN(C)C(CCO)C2)c(C)c1C. The predicted octanol–water partition coefficient (Wildman–Crippen LogP) is 0.439. The van der Waals surface area contributed by atoms with Crippen LogP contribution in [0.1, 0.15) is 33.6 Å². The second kappa shape index (κ2) is 6.62. The number of H-pyrrole nitrogens is 1. The highest BCUT2D eigenvalue weighted by Crippen LogP contribution is 2.17. The fourth-order valence-electron chi connectivity index (χ4n) is 2.97. The minimum Gasteiger partial charge on any atom is -0.396 e. The lowest BCUT2D eigenvalue weighted by Crippen LogP contribution is -2.54. The molecule has 1 aliphatic rings. The number of pyridine rings is 1. The van der Waals surface area contributed by atoms with E-state index in [9.17, 15) is 9.59 Å². The summed E-state index contributed by atoms with van der Waals surface area (Å²) in [6.07, 6.45) is 0.628.